The summed E-state index contributed by atoms with van der Waals surface area (Å²) in [5.74, 6) is -0.163. The summed E-state index contributed by atoms with van der Waals surface area (Å²) < 4.78 is 5.63. The van der Waals surface area contributed by atoms with Crippen molar-refractivity contribution in [2.75, 3.05) is 0 Å². The number of nitrogens with one attached hydrogen (secondary N) is 1. The van der Waals surface area contributed by atoms with E-state index >= 15 is 0 Å². The first-order valence-corrected chi connectivity index (χ1v) is 4.92. The summed E-state index contributed by atoms with van der Waals surface area (Å²) in [5, 5.41) is 2.71. The van der Waals surface area contributed by atoms with Gasteiger partial charge in [0.25, 0.3) is 0 Å². The van der Waals surface area contributed by atoms with Crippen molar-refractivity contribution < 1.29 is 9.53 Å². The van der Waals surface area contributed by atoms with Crippen molar-refractivity contribution in [2.24, 2.45) is 0 Å². The Morgan fingerprint density at radius 2 is 2.07 bits per heavy atom. The molecular formula is C11H21NO2. The molecule has 1 unspecified atom stereocenters. The molecule has 14 heavy (non-hydrogen) atoms. The molecule has 0 saturated heterocycles. The van der Waals surface area contributed by atoms with Crippen LogP contribution in [0.4, 0.5) is 0 Å². The zero-order valence-corrected chi connectivity index (χ0v) is 9.81. The fraction of sp³-hybridized carbons (Fsp3) is 0.727. The van der Waals surface area contributed by atoms with Gasteiger partial charge in [-0.1, -0.05) is 13.5 Å². The van der Waals surface area contributed by atoms with Crippen LogP contribution in [-0.2, 0) is 9.53 Å². The summed E-state index contributed by atoms with van der Waals surface area (Å²) in [6.45, 7) is 13.1. The van der Waals surface area contributed by atoms with Crippen molar-refractivity contribution in [3.05, 3.63) is 12.2 Å². The van der Waals surface area contributed by atoms with Crippen molar-refractivity contribution in [3.63, 3.8) is 0 Å². The van der Waals surface area contributed by atoms with Gasteiger partial charge >= 0.3 is 0 Å². The fourth-order valence-corrected chi connectivity index (χ4v) is 0.899. The number of carbonyl (C=O) groups is 1. The van der Waals surface area contributed by atoms with Crippen LogP contribution in [-0.4, -0.2) is 17.7 Å². The highest BCUT2D eigenvalue weighted by Gasteiger charge is 2.20. The topological polar surface area (TPSA) is 38.3 Å². The summed E-state index contributed by atoms with van der Waals surface area (Å²) in [4.78, 5) is 11.2. The molecule has 0 radical (unpaired) electrons. The van der Waals surface area contributed by atoms with E-state index in [-0.39, 0.29) is 17.7 Å². The van der Waals surface area contributed by atoms with E-state index in [0.29, 0.717) is 5.57 Å². The van der Waals surface area contributed by atoms with E-state index in [2.05, 4.69) is 11.9 Å². The zero-order chi connectivity index (χ0) is 11.4. The molecular weight excluding hydrogens is 178 g/mol. The van der Waals surface area contributed by atoms with Crippen LogP contribution >= 0.6 is 0 Å². The van der Waals surface area contributed by atoms with Crippen LogP contribution in [0.3, 0.4) is 0 Å². The van der Waals surface area contributed by atoms with Crippen molar-refractivity contribution in [1.82, 2.24) is 5.32 Å². The maximum absolute atomic E-state index is 11.2. The molecule has 0 heterocycles. The van der Waals surface area contributed by atoms with E-state index in [1.807, 2.05) is 27.7 Å². The quantitative estimate of drug-likeness (QED) is 0.544. The maximum atomic E-state index is 11.2. The van der Waals surface area contributed by atoms with Crippen molar-refractivity contribution >= 4 is 5.91 Å². The van der Waals surface area contributed by atoms with Gasteiger partial charge in [-0.05, 0) is 34.1 Å². The van der Waals surface area contributed by atoms with Crippen LogP contribution in [0.25, 0.3) is 0 Å². The lowest BCUT2D eigenvalue weighted by atomic mass is 10.1. The van der Waals surface area contributed by atoms with Gasteiger partial charge < -0.3 is 10.1 Å². The first-order chi connectivity index (χ1) is 6.28. The predicted octanol–water partition coefficient (Wildman–Crippen LogP) is 2.23. The van der Waals surface area contributed by atoms with Gasteiger partial charge in [0.1, 0.15) is 6.23 Å². The van der Waals surface area contributed by atoms with E-state index < -0.39 is 0 Å². The summed E-state index contributed by atoms with van der Waals surface area (Å²) in [6, 6.07) is 0. The highest BCUT2D eigenvalue weighted by atomic mass is 16.5. The lowest BCUT2D eigenvalue weighted by molar-refractivity contribution is -0.127. The molecule has 0 aromatic rings. The van der Waals surface area contributed by atoms with Crippen LogP contribution in [0.2, 0.25) is 0 Å². The highest BCUT2D eigenvalue weighted by molar-refractivity contribution is 5.92. The second kappa shape index (κ2) is 5.15. The molecule has 0 aromatic carbocycles. The second-order valence-electron chi connectivity index (χ2n) is 4.13. The van der Waals surface area contributed by atoms with Crippen LogP contribution in [0.5, 0.6) is 0 Å². The van der Waals surface area contributed by atoms with Crippen molar-refractivity contribution in [1.29, 1.82) is 0 Å². The van der Waals surface area contributed by atoms with E-state index in [4.69, 9.17) is 4.74 Å². The first-order valence-electron chi connectivity index (χ1n) is 4.92. The number of hydrogen-bond donors (Lipinski definition) is 1. The Balaban J connectivity index is 4.05. The number of rotatable bonds is 5. The third-order valence-electron chi connectivity index (χ3n) is 2.07. The van der Waals surface area contributed by atoms with Gasteiger partial charge in [-0.2, -0.15) is 0 Å². The zero-order valence-electron chi connectivity index (χ0n) is 9.81. The minimum Gasteiger partial charge on any atom is -0.353 e. The number of amides is 1. The van der Waals surface area contributed by atoms with Crippen LogP contribution in [0.15, 0.2) is 12.2 Å². The Morgan fingerprint density at radius 3 is 2.43 bits per heavy atom. The molecule has 0 fully saturated rings. The Hall–Kier alpha value is -0.830. The number of hydrogen-bond acceptors (Lipinski definition) is 2. The minimum atomic E-state index is -0.283. The average Bonchev–Trinajstić information content (AvgIpc) is 2.02. The van der Waals surface area contributed by atoms with Crippen LogP contribution < -0.4 is 5.32 Å². The molecule has 0 aliphatic heterocycles. The molecule has 0 rings (SSSR count). The second-order valence-corrected chi connectivity index (χ2v) is 4.13. The molecule has 1 atom stereocenters. The summed E-state index contributed by atoms with van der Waals surface area (Å²) >= 11 is 0. The third-order valence-corrected chi connectivity index (χ3v) is 2.07. The molecule has 0 saturated carbocycles. The smallest absolute Gasteiger partial charge is 0.248 e. The van der Waals surface area contributed by atoms with Gasteiger partial charge in [0, 0.05) is 5.57 Å². The summed E-state index contributed by atoms with van der Waals surface area (Å²) in [6.07, 6.45) is 0.620. The largest absolute Gasteiger partial charge is 0.353 e. The van der Waals surface area contributed by atoms with Crippen molar-refractivity contribution in [3.8, 4) is 0 Å². The standard InChI is InChI=1S/C11H21NO2/c1-7-11(5,6)14-9(4)12-10(13)8(2)3/h9H,2,7H2,1,3-6H3,(H,12,13). The Bertz CT molecular complexity index is 221. The monoisotopic (exact) mass is 199 g/mol. The number of ether oxygens (including phenoxy) is 1. The summed E-state index contributed by atoms with van der Waals surface area (Å²) in [5.41, 5.74) is 0.289. The average molecular weight is 199 g/mol. The highest BCUT2D eigenvalue weighted by Crippen LogP contribution is 2.15. The van der Waals surface area contributed by atoms with Gasteiger partial charge in [0.2, 0.25) is 5.91 Å². The number of carbonyl (C=O) groups excluding carboxylic acids is 1. The molecule has 0 bridgehead atoms. The van der Waals surface area contributed by atoms with Gasteiger partial charge in [0.15, 0.2) is 0 Å². The molecule has 3 nitrogen and oxygen atoms in total. The van der Waals surface area contributed by atoms with E-state index in [1.165, 1.54) is 0 Å². The first kappa shape index (κ1) is 13.2. The van der Waals surface area contributed by atoms with Gasteiger partial charge in [0.05, 0.1) is 5.60 Å². The fourth-order valence-electron chi connectivity index (χ4n) is 0.899. The molecule has 0 aliphatic carbocycles. The van der Waals surface area contributed by atoms with E-state index in [0.717, 1.165) is 6.42 Å². The predicted molar refractivity (Wildman–Crippen MR) is 57.9 cm³/mol. The van der Waals surface area contributed by atoms with E-state index in [1.54, 1.807) is 6.92 Å². The minimum absolute atomic E-state index is 0.163. The van der Waals surface area contributed by atoms with Gasteiger partial charge in [-0.3, -0.25) is 4.79 Å². The van der Waals surface area contributed by atoms with Gasteiger partial charge in [-0.25, -0.2) is 0 Å². The lowest BCUT2D eigenvalue weighted by Gasteiger charge is -2.28. The third kappa shape index (κ3) is 5.02. The molecule has 1 N–H and O–H groups in total. The molecule has 0 aliphatic rings. The Morgan fingerprint density at radius 1 is 1.57 bits per heavy atom. The molecule has 3 heteroatoms. The Kier molecular flexibility index (Phi) is 4.85. The molecule has 1 amide bonds. The van der Waals surface area contributed by atoms with Crippen LogP contribution in [0.1, 0.15) is 41.0 Å². The summed E-state index contributed by atoms with van der Waals surface area (Å²) in [7, 11) is 0. The van der Waals surface area contributed by atoms with Gasteiger partial charge in [-0.15, -0.1) is 0 Å². The Labute approximate surface area is 86.5 Å². The molecule has 82 valence electrons. The SMILES string of the molecule is C=C(C)C(=O)NC(C)OC(C)(C)CC. The lowest BCUT2D eigenvalue weighted by Crippen LogP contribution is -2.40. The van der Waals surface area contributed by atoms with Crippen LogP contribution in [0, 0.1) is 0 Å². The maximum Gasteiger partial charge on any atom is 0.248 e. The molecule has 0 aromatic heterocycles. The molecule has 0 spiro atoms. The van der Waals surface area contributed by atoms with E-state index in [9.17, 15) is 4.79 Å². The van der Waals surface area contributed by atoms with Crippen molar-refractivity contribution in [2.45, 2.75) is 52.9 Å². The normalized spacial score (nSPS) is 13.5.